The summed E-state index contributed by atoms with van der Waals surface area (Å²) in [6.07, 6.45) is -1.46. The maximum absolute atomic E-state index is 12.5. The number of hydrogen-bond acceptors (Lipinski definition) is 7. The maximum Gasteiger partial charge on any atom is 0.573 e. The molecule has 1 unspecified atom stereocenters. The minimum Gasteiger partial charge on any atom is -0.406 e. The van der Waals surface area contributed by atoms with Crippen LogP contribution >= 0.6 is 23.1 Å². The van der Waals surface area contributed by atoms with Crippen molar-refractivity contribution in [2.45, 2.75) is 42.1 Å². The fourth-order valence-electron chi connectivity index (χ4n) is 2.74. The summed E-state index contributed by atoms with van der Waals surface area (Å²) >= 11 is 2.64. The van der Waals surface area contributed by atoms with Crippen molar-refractivity contribution in [1.82, 2.24) is 15.1 Å². The number of halogens is 3. The topological polar surface area (TPSA) is 67.4 Å². The molecule has 1 N–H and O–H groups in total. The predicted molar refractivity (Wildman–Crippen MR) is 102 cm³/mol. The molecular weight excluding hydrogens is 413 g/mol. The van der Waals surface area contributed by atoms with Crippen molar-refractivity contribution in [2.75, 3.05) is 18.4 Å². The van der Waals surface area contributed by atoms with Crippen LogP contribution in [0.4, 0.5) is 24.0 Å². The van der Waals surface area contributed by atoms with E-state index in [4.69, 9.17) is 0 Å². The van der Waals surface area contributed by atoms with Gasteiger partial charge in [0, 0.05) is 18.8 Å². The Balaban J connectivity index is 1.54. The molecule has 1 fully saturated rings. The Morgan fingerprint density at radius 1 is 1.21 bits per heavy atom. The molecule has 1 aromatic carbocycles. The molecule has 152 valence electrons. The van der Waals surface area contributed by atoms with Gasteiger partial charge in [-0.15, -0.1) is 23.4 Å². The first kappa shape index (κ1) is 20.7. The zero-order valence-corrected chi connectivity index (χ0v) is 16.7. The van der Waals surface area contributed by atoms with Crippen LogP contribution in [-0.2, 0) is 4.79 Å². The van der Waals surface area contributed by atoms with Crippen LogP contribution in [0.15, 0.2) is 28.6 Å². The van der Waals surface area contributed by atoms with E-state index in [0.717, 1.165) is 25.9 Å². The van der Waals surface area contributed by atoms with Crippen LogP contribution in [0, 0.1) is 0 Å². The number of thioether (sulfide) groups is 1. The molecule has 3 rings (SSSR count). The number of ether oxygens (including phenoxy) is 1. The molecule has 28 heavy (non-hydrogen) atoms. The number of carbonyl (C=O) groups excluding carboxylic acids is 1. The number of piperidine rings is 1. The zero-order chi connectivity index (χ0) is 20.1. The number of hydrogen-bond donors (Lipinski definition) is 1. The lowest BCUT2D eigenvalue weighted by Gasteiger charge is -2.28. The second kappa shape index (κ2) is 8.99. The van der Waals surface area contributed by atoms with Gasteiger partial charge in [-0.1, -0.05) is 23.1 Å². The molecule has 0 saturated carbocycles. The van der Waals surface area contributed by atoms with Crippen molar-refractivity contribution < 1.29 is 22.7 Å². The molecule has 0 spiro atoms. The first-order valence-corrected chi connectivity index (χ1v) is 10.4. The van der Waals surface area contributed by atoms with Crippen molar-refractivity contribution in [3.63, 3.8) is 0 Å². The van der Waals surface area contributed by atoms with Crippen LogP contribution in [0.3, 0.4) is 0 Å². The molecule has 0 radical (unpaired) electrons. The molecule has 1 aliphatic rings. The average molecular weight is 432 g/mol. The lowest BCUT2D eigenvalue weighted by Crippen LogP contribution is -2.40. The third-order valence-electron chi connectivity index (χ3n) is 4.04. The lowest BCUT2D eigenvalue weighted by molar-refractivity contribution is -0.274. The molecular formula is C17H19F3N4O2S2. The van der Waals surface area contributed by atoms with Crippen molar-refractivity contribution >= 4 is 39.8 Å². The number of benzene rings is 1. The van der Waals surface area contributed by atoms with Gasteiger partial charge >= 0.3 is 6.36 Å². The van der Waals surface area contributed by atoms with E-state index in [1.54, 1.807) is 0 Å². The Morgan fingerprint density at radius 2 is 1.89 bits per heavy atom. The normalized spacial score (nSPS) is 15.9. The Hall–Kier alpha value is -2.01. The van der Waals surface area contributed by atoms with E-state index in [0.29, 0.717) is 15.2 Å². The van der Waals surface area contributed by atoms with E-state index < -0.39 is 6.36 Å². The number of rotatable bonds is 6. The van der Waals surface area contributed by atoms with E-state index in [-0.39, 0.29) is 16.9 Å². The molecule has 6 nitrogen and oxygen atoms in total. The number of alkyl halides is 3. The standard InChI is InChI=1S/C17H19F3N4O2S2/c1-11(14(25)24-9-3-2-4-10-24)27-16-23-22-15(28-16)21-12-5-7-13(8-6-12)26-17(18,19)20/h5-8,11H,2-4,9-10H2,1H3,(H,21,22). The van der Waals surface area contributed by atoms with Gasteiger partial charge in [-0.2, -0.15) is 0 Å². The van der Waals surface area contributed by atoms with Gasteiger partial charge in [-0.05, 0) is 50.5 Å². The number of anilines is 2. The predicted octanol–water partition coefficient (Wildman–Crippen LogP) is 4.67. The number of amides is 1. The summed E-state index contributed by atoms with van der Waals surface area (Å²) in [5.41, 5.74) is 0.555. The summed E-state index contributed by atoms with van der Waals surface area (Å²) < 4.78 is 41.0. The number of carbonyl (C=O) groups is 1. The van der Waals surface area contributed by atoms with Crippen LogP contribution in [0.1, 0.15) is 26.2 Å². The monoisotopic (exact) mass is 432 g/mol. The van der Waals surface area contributed by atoms with Crippen LogP contribution in [0.2, 0.25) is 0 Å². The van der Waals surface area contributed by atoms with E-state index in [1.165, 1.54) is 53.8 Å². The third kappa shape index (κ3) is 5.99. The molecule has 2 aromatic rings. The van der Waals surface area contributed by atoms with Gasteiger partial charge in [0.2, 0.25) is 11.0 Å². The number of aromatic nitrogens is 2. The molecule has 1 aromatic heterocycles. The summed E-state index contributed by atoms with van der Waals surface area (Å²) in [4.78, 5) is 14.4. The van der Waals surface area contributed by atoms with E-state index in [2.05, 4.69) is 20.3 Å². The van der Waals surface area contributed by atoms with E-state index in [1.807, 2.05) is 11.8 Å². The number of likely N-dealkylation sites (tertiary alicyclic amines) is 1. The van der Waals surface area contributed by atoms with Crippen molar-refractivity contribution in [2.24, 2.45) is 0 Å². The molecule has 0 bridgehead atoms. The molecule has 1 aliphatic heterocycles. The van der Waals surface area contributed by atoms with E-state index >= 15 is 0 Å². The van der Waals surface area contributed by atoms with Gasteiger partial charge in [0.25, 0.3) is 0 Å². The van der Waals surface area contributed by atoms with Crippen molar-refractivity contribution in [1.29, 1.82) is 0 Å². The quantitative estimate of drug-likeness (QED) is 0.669. The molecule has 1 amide bonds. The first-order valence-electron chi connectivity index (χ1n) is 8.72. The highest BCUT2D eigenvalue weighted by atomic mass is 32.2. The highest BCUT2D eigenvalue weighted by Crippen LogP contribution is 2.32. The third-order valence-corrected chi connectivity index (χ3v) is 6.05. The summed E-state index contributed by atoms with van der Waals surface area (Å²) in [5, 5.41) is 11.3. The van der Waals surface area contributed by atoms with Gasteiger partial charge < -0.3 is 15.0 Å². The van der Waals surface area contributed by atoms with Gasteiger partial charge in [0.1, 0.15) is 5.75 Å². The van der Waals surface area contributed by atoms with Crippen molar-refractivity contribution in [3.8, 4) is 5.75 Å². The fraction of sp³-hybridized carbons (Fsp3) is 0.471. The minimum atomic E-state index is -4.72. The lowest BCUT2D eigenvalue weighted by atomic mass is 10.1. The molecule has 1 atom stereocenters. The van der Waals surface area contributed by atoms with Gasteiger partial charge in [-0.3, -0.25) is 4.79 Å². The second-order valence-electron chi connectivity index (χ2n) is 6.22. The highest BCUT2D eigenvalue weighted by molar-refractivity contribution is 8.02. The zero-order valence-electron chi connectivity index (χ0n) is 15.0. The van der Waals surface area contributed by atoms with Crippen LogP contribution in [0.25, 0.3) is 0 Å². The molecule has 2 heterocycles. The molecule has 11 heteroatoms. The Kier molecular flexibility index (Phi) is 6.65. The van der Waals surface area contributed by atoms with Gasteiger partial charge in [-0.25, -0.2) is 0 Å². The molecule has 0 aliphatic carbocycles. The Labute approximate surface area is 168 Å². The van der Waals surface area contributed by atoms with Crippen LogP contribution in [-0.4, -0.2) is 45.7 Å². The summed E-state index contributed by atoms with van der Waals surface area (Å²) in [5.74, 6) is -0.189. The van der Waals surface area contributed by atoms with Crippen LogP contribution < -0.4 is 10.1 Å². The Morgan fingerprint density at radius 3 is 2.54 bits per heavy atom. The average Bonchev–Trinajstić information content (AvgIpc) is 3.09. The first-order chi connectivity index (χ1) is 13.3. The smallest absolute Gasteiger partial charge is 0.406 e. The Bertz CT molecular complexity index is 792. The number of nitrogens with one attached hydrogen (secondary N) is 1. The minimum absolute atomic E-state index is 0.106. The largest absolute Gasteiger partial charge is 0.573 e. The highest BCUT2D eigenvalue weighted by Gasteiger charge is 2.31. The summed E-state index contributed by atoms with van der Waals surface area (Å²) in [6.45, 7) is 3.47. The maximum atomic E-state index is 12.5. The van der Waals surface area contributed by atoms with Gasteiger partial charge in [0.05, 0.1) is 5.25 Å². The fourth-order valence-corrected chi connectivity index (χ4v) is 4.74. The van der Waals surface area contributed by atoms with E-state index in [9.17, 15) is 18.0 Å². The summed E-state index contributed by atoms with van der Waals surface area (Å²) in [7, 11) is 0. The SMILES string of the molecule is CC(Sc1nnc(Nc2ccc(OC(F)(F)F)cc2)s1)C(=O)N1CCCCC1. The van der Waals surface area contributed by atoms with Crippen LogP contribution in [0.5, 0.6) is 5.75 Å². The van der Waals surface area contributed by atoms with Crippen molar-refractivity contribution in [3.05, 3.63) is 24.3 Å². The number of nitrogens with zero attached hydrogens (tertiary/aromatic N) is 3. The summed E-state index contributed by atoms with van der Waals surface area (Å²) in [6, 6.07) is 5.34. The van der Waals surface area contributed by atoms with Gasteiger partial charge in [0.15, 0.2) is 4.34 Å². The second-order valence-corrected chi connectivity index (χ2v) is 8.78. The molecule has 1 saturated heterocycles.